The van der Waals surface area contributed by atoms with E-state index in [4.69, 9.17) is 0 Å². The molecule has 20 heavy (non-hydrogen) atoms. The second-order valence-corrected chi connectivity index (χ2v) is 5.18. The lowest BCUT2D eigenvalue weighted by atomic mass is 9.95. The molecule has 1 unspecified atom stereocenters. The zero-order chi connectivity index (χ0) is 15.2. The molecular weight excluding hydrogens is 263 g/mol. The van der Waals surface area contributed by atoms with Gasteiger partial charge in [-0.1, -0.05) is 39.2 Å². The van der Waals surface area contributed by atoms with Crippen LogP contribution in [0.15, 0.2) is 18.2 Å². The quantitative estimate of drug-likeness (QED) is 0.676. The molecule has 0 fully saturated rings. The Bertz CT molecular complexity index is 413. The first-order chi connectivity index (χ1) is 9.40. The fourth-order valence-electron chi connectivity index (χ4n) is 2.46. The number of alkyl halides is 3. The maximum atomic E-state index is 12.7. The Morgan fingerprint density at radius 1 is 1.15 bits per heavy atom. The Morgan fingerprint density at radius 3 is 2.35 bits per heavy atom. The SMILES string of the molecule is CCCCCC(NCC)c1ccc(C(F)(F)F)cc1C. The molecule has 1 atom stereocenters. The Hall–Kier alpha value is -1.03. The van der Waals surface area contributed by atoms with Crippen LogP contribution in [-0.4, -0.2) is 6.54 Å². The summed E-state index contributed by atoms with van der Waals surface area (Å²) in [6, 6.07) is 4.21. The van der Waals surface area contributed by atoms with Gasteiger partial charge in [-0.25, -0.2) is 0 Å². The Morgan fingerprint density at radius 2 is 1.85 bits per heavy atom. The predicted octanol–water partition coefficient (Wildman–Crippen LogP) is 5.24. The predicted molar refractivity (Wildman–Crippen MR) is 76.7 cm³/mol. The van der Waals surface area contributed by atoms with Gasteiger partial charge in [0.15, 0.2) is 0 Å². The number of nitrogens with one attached hydrogen (secondary N) is 1. The Labute approximate surface area is 119 Å². The molecule has 0 spiro atoms. The molecule has 0 aliphatic rings. The van der Waals surface area contributed by atoms with E-state index >= 15 is 0 Å². The zero-order valence-electron chi connectivity index (χ0n) is 12.5. The zero-order valence-corrected chi connectivity index (χ0v) is 12.5. The lowest BCUT2D eigenvalue weighted by Gasteiger charge is -2.21. The molecule has 1 nitrogen and oxygen atoms in total. The van der Waals surface area contributed by atoms with Crippen molar-refractivity contribution >= 4 is 0 Å². The van der Waals surface area contributed by atoms with E-state index in [1.165, 1.54) is 12.1 Å². The molecule has 0 saturated carbocycles. The third-order valence-electron chi connectivity index (χ3n) is 3.52. The minimum Gasteiger partial charge on any atom is -0.310 e. The topological polar surface area (TPSA) is 12.0 Å². The largest absolute Gasteiger partial charge is 0.416 e. The van der Waals surface area contributed by atoms with Crippen LogP contribution in [0.4, 0.5) is 13.2 Å². The van der Waals surface area contributed by atoms with E-state index < -0.39 is 11.7 Å². The number of aryl methyl sites for hydroxylation is 1. The van der Waals surface area contributed by atoms with Crippen molar-refractivity contribution in [3.05, 3.63) is 34.9 Å². The van der Waals surface area contributed by atoms with E-state index in [9.17, 15) is 13.2 Å². The molecule has 0 saturated heterocycles. The van der Waals surface area contributed by atoms with Gasteiger partial charge in [0.2, 0.25) is 0 Å². The molecule has 4 heteroatoms. The van der Waals surface area contributed by atoms with Crippen molar-refractivity contribution in [1.82, 2.24) is 5.32 Å². The Balaban J connectivity index is 2.90. The van der Waals surface area contributed by atoms with Gasteiger partial charge in [-0.3, -0.25) is 0 Å². The molecule has 0 radical (unpaired) electrons. The lowest BCUT2D eigenvalue weighted by molar-refractivity contribution is -0.137. The van der Waals surface area contributed by atoms with E-state index in [0.29, 0.717) is 5.56 Å². The first kappa shape index (κ1) is 17.0. The van der Waals surface area contributed by atoms with E-state index in [1.54, 1.807) is 13.0 Å². The number of benzene rings is 1. The van der Waals surface area contributed by atoms with E-state index in [-0.39, 0.29) is 6.04 Å². The third-order valence-corrected chi connectivity index (χ3v) is 3.52. The lowest BCUT2D eigenvalue weighted by Crippen LogP contribution is -2.22. The normalized spacial score (nSPS) is 13.5. The smallest absolute Gasteiger partial charge is 0.310 e. The van der Waals surface area contributed by atoms with Gasteiger partial charge in [0, 0.05) is 6.04 Å². The minimum atomic E-state index is -4.26. The summed E-state index contributed by atoms with van der Waals surface area (Å²) in [5.41, 5.74) is 1.13. The molecule has 114 valence electrons. The van der Waals surface area contributed by atoms with Gasteiger partial charge >= 0.3 is 6.18 Å². The molecule has 1 N–H and O–H groups in total. The molecule has 0 aliphatic heterocycles. The van der Waals surface area contributed by atoms with Crippen molar-refractivity contribution < 1.29 is 13.2 Å². The van der Waals surface area contributed by atoms with Crippen LogP contribution in [0.5, 0.6) is 0 Å². The molecule has 1 aromatic rings. The molecule has 0 heterocycles. The van der Waals surface area contributed by atoms with Gasteiger partial charge in [0.1, 0.15) is 0 Å². The van der Waals surface area contributed by atoms with Crippen LogP contribution in [0.1, 0.15) is 62.3 Å². The van der Waals surface area contributed by atoms with Crippen molar-refractivity contribution in [3.8, 4) is 0 Å². The fraction of sp³-hybridized carbons (Fsp3) is 0.625. The highest BCUT2D eigenvalue weighted by molar-refractivity contribution is 5.34. The van der Waals surface area contributed by atoms with E-state index in [1.807, 2.05) is 6.92 Å². The van der Waals surface area contributed by atoms with Gasteiger partial charge in [-0.15, -0.1) is 0 Å². The van der Waals surface area contributed by atoms with Crippen LogP contribution in [0, 0.1) is 6.92 Å². The van der Waals surface area contributed by atoms with Crippen molar-refractivity contribution in [2.24, 2.45) is 0 Å². The van der Waals surface area contributed by atoms with Crippen molar-refractivity contribution in [2.75, 3.05) is 6.54 Å². The summed E-state index contributed by atoms with van der Waals surface area (Å²) < 4.78 is 38.0. The second kappa shape index (κ2) is 7.67. The number of hydrogen-bond donors (Lipinski definition) is 1. The van der Waals surface area contributed by atoms with Gasteiger partial charge in [-0.05, 0) is 43.1 Å². The van der Waals surface area contributed by atoms with Crippen LogP contribution in [-0.2, 0) is 6.18 Å². The highest BCUT2D eigenvalue weighted by Crippen LogP contribution is 2.32. The minimum absolute atomic E-state index is 0.147. The number of halogens is 3. The first-order valence-electron chi connectivity index (χ1n) is 7.31. The van der Waals surface area contributed by atoms with Gasteiger partial charge in [0.25, 0.3) is 0 Å². The summed E-state index contributed by atoms with van der Waals surface area (Å²) in [4.78, 5) is 0. The maximum absolute atomic E-state index is 12.7. The van der Waals surface area contributed by atoms with Gasteiger partial charge < -0.3 is 5.32 Å². The van der Waals surface area contributed by atoms with Crippen molar-refractivity contribution in [2.45, 2.75) is 58.7 Å². The number of hydrogen-bond acceptors (Lipinski definition) is 1. The first-order valence-corrected chi connectivity index (χ1v) is 7.31. The summed E-state index contributed by atoms with van der Waals surface area (Å²) in [6.07, 6.45) is 0.0914. The van der Waals surface area contributed by atoms with Crippen molar-refractivity contribution in [3.63, 3.8) is 0 Å². The van der Waals surface area contributed by atoms with Gasteiger partial charge in [0.05, 0.1) is 5.56 Å². The van der Waals surface area contributed by atoms with Crippen LogP contribution < -0.4 is 5.32 Å². The number of unbranched alkanes of at least 4 members (excludes halogenated alkanes) is 2. The summed E-state index contributed by atoms with van der Waals surface area (Å²) in [6.45, 7) is 6.74. The second-order valence-electron chi connectivity index (χ2n) is 5.18. The molecule has 0 aromatic heterocycles. The van der Waals surface area contributed by atoms with Crippen LogP contribution in [0.3, 0.4) is 0 Å². The van der Waals surface area contributed by atoms with E-state index in [0.717, 1.165) is 37.8 Å². The summed E-state index contributed by atoms with van der Waals surface area (Å²) in [5, 5.41) is 3.38. The molecule has 0 bridgehead atoms. The average molecular weight is 287 g/mol. The summed E-state index contributed by atoms with van der Waals surface area (Å²) in [5.74, 6) is 0. The Kier molecular flexibility index (Phi) is 6.53. The van der Waals surface area contributed by atoms with Crippen LogP contribution in [0.2, 0.25) is 0 Å². The summed E-state index contributed by atoms with van der Waals surface area (Å²) >= 11 is 0. The molecular formula is C16H24F3N. The van der Waals surface area contributed by atoms with Crippen LogP contribution in [0.25, 0.3) is 0 Å². The average Bonchev–Trinajstić information content (AvgIpc) is 2.37. The van der Waals surface area contributed by atoms with E-state index in [2.05, 4.69) is 12.2 Å². The van der Waals surface area contributed by atoms with Crippen molar-refractivity contribution in [1.29, 1.82) is 0 Å². The highest BCUT2D eigenvalue weighted by Gasteiger charge is 2.31. The van der Waals surface area contributed by atoms with Gasteiger partial charge in [-0.2, -0.15) is 13.2 Å². The third kappa shape index (κ3) is 4.82. The molecule has 0 amide bonds. The monoisotopic (exact) mass is 287 g/mol. The highest BCUT2D eigenvalue weighted by atomic mass is 19.4. The summed E-state index contributed by atoms with van der Waals surface area (Å²) in [7, 11) is 0. The number of rotatable bonds is 7. The molecule has 1 aromatic carbocycles. The fourth-order valence-corrected chi connectivity index (χ4v) is 2.46. The maximum Gasteiger partial charge on any atom is 0.416 e. The van der Waals surface area contributed by atoms with Crippen LogP contribution >= 0.6 is 0 Å². The molecule has 1 rings (SSSR count). The molecule has 0 aliphatic carbocycles. The standard InChI is InChI=1S/C16H24F3N/c1-4-6-7-8-15(20-5-2)14-10-9-13(11-12(14)3)16(17,18)19/h9-11,15,20H,4-8H2,1-3H3.